The summed E-state index contributed by atoms with van der Waals surface area (Å²) in [7, 11) is 1.31. The molecule has 8 heteroatoms. The third kappa shape index (κ3) is 3.76. The number of benzene rings is 1. The summed E-state index contributed by atoms with van der Waals surface area (Å²) in [5, 5.41) is 0.307. The van der Waals surface area contributed by atoms with Gasteiger partial charge in [0, 0.05) is 19.0 Å². The molecule has 4 nitrogen and oxygen atoms in total. The average molecular weight is 319 g/mol. The van der Waals surface area contributed by atoms with Crippen molar-refractivity contribution in [3.63, 3.8) is 0 Å². The van der Waals surface area contributed by atoms with Crippen molar-refractivity contribution in [1.29, 1.82) is 0 Å². The first-order valence-electron chi connectivity index (χ1n) is 6.35. The Morgan fingerprint density at radius 2 is 2.09 bits per heavy atom. The third-order valence-corrected chi connectivity index (χ3v) is 2.93. The molecule has 0 saturated carbocycles. The Labute approximate surface area is 123 Å². The van der Waals surface area contributed by atoms with Crippen LogP contribution in [-0.2, 0) is 4.74 Å². The van der Waals surface area contributed by atoms with Crippen LogP contribution in [0.4, 0.5) is 17.6 Å². The zero-order chi connectivity index (χ0) is 16.3. The molecule has 0 fully saturated rings. The molecule has 0 bridgehead atoms. The highest BCUT2D eigenvalue weighted by Gasteiger charge is 2.34. The Kier molecular flexibility index (Phi) is 4.70. The summed E-state index contributed by atoms with van der Waals surface area (Å²) in [6.07, 6.45) is -4.55. The van der Waals surface area contributed by atoms with Crippen LogP contribution >= 0.6 is 0 Å². The van der Waals surface area contributed by atoms with Gasteiger partial charge in [-0.15, -0.1) is 0 Å². The Bertz CT molecular complexity index is 666. The van der Waals surface area contributed by atoms with E-state index in [-0.39, 0.29) is 24.5 Å². The van der Waals surface area contributed by atoms with Gasteiger partial charge in [0.1, 0.15) is 6.54 Å². The van der Waals surface area contributed by atoms with E-state index < -0.39 is 24.4 Å². The Morgan fingerprint density at radius 1 is 1.36 bits per heavy atom. The van der Waals surface area contributed by atoms with Crippen LogP contribution in [0.1, 0.15) is 10.6 Å². The summed E-state index contributed by atoms with van der Waals surface area (Å²) >= 11 is 0. The number of carbonyl (C=O) groups excluding carboxylic acids is 1. The van der Waals surface area contributed by atoms with Gasteiger partial charge >= 0.3 is 6.18 Å². The lowest BCUT2D eigenvalue weighted by molar-refractivity contribution is -0.141. The van der Waals surface area contributed by atoms with Gasteiger partial charge in [-0.05, 0) is 12.1 Å². The number of rotatable bonds is 5. The lowest BCUT2D eigenvalue weighted by atomic mass is 10.2. The third-order valence-electron chi connectivity index (χ3n) is 2.93. The maximum absolute atomic E-state index is 13.5. The number of halogens is 4. The number of nitrogens with zero attached hydrogens (tertiary/aromatic N) is 1. The average Bonchev–Trinajstić information content (AvgIpc) is 2.87. The van der Waals surface area contributed by atoms with Gasteiger partial charge in [0.15, 0.2) is 17.2 Å². The molecule has 0 N–H and O–H groups in total. The first-order chi connectivity index (χ1) is 10.3. The summed E-state index contributed by atoms with van der Waals surface area (Å²) in [5.41, 5.74) is -0.162. The van der Waals surface area contributed by atoms with E-state index in [9.17, 15) is 22.4 Å². The van der Waals surface area contributed by atoms with Crippen molar-refractivity contribution in [2.45, 2.75) is 6.18 Å². The number of para-hydroxylation sites is 1. The van der Waals surface area contributed by atoms with Crippen LogP contribution in [0.15, 0.2) is 28.7 Å². The molecular formula is C14H13F4NO3. The molecule has 1 amide bonds. The van der Waals surface area contributed by atoms with Crippen LogP contribution in [-0.4, -0.2) is 43.8 Å². The van der Waals surface area contributed by atoms with E-state index in [1.807, 2.05) is 0 Å². The fourth-order valence-corrected chi connectivity index (χ4v) is 1.96. The van der Waals surface area contributed by atoms with Gasteiger partial charge in [0.2, 0.25) is 0 Å². The Balaban J connectivity index is 2.29. The zero-order valence-electron chi connectivity index (χ0n) is 11.6. The van der Waals surface area contributed by atoms with Crippen LogP contribution in [0.5, 0.6) is 0 Å². The number of methoxy groups -OCH3 is 1. The first-order valence-corrected chi connectivity index (χ1v) is 6.35. The van der Waals surface area contributed by atoms with Gasteiger partial charge in [-0.2, -0.15) is 13.2 Å². The number of carbonyl (C=O) groups is 1. The summed E-state index contributed by atoms with van der Waals surface area (Å²) in [4.78, 5) is 12.7. The summed E-state index contributed by atoms with van der Waals surface area (Å²) < 4.78 is 60.9. The van der Waals surface area contributed by atoms with Gasteiger partial charge in [-0.25, -0.2) is 4.39 Å². The van der Waals surface area contributed by atoms with Gasteiger partial charge in [-0.3, -0.25) is 4.79 Å². The van der Waals surface area contributed by atoms with Crippen molar-refractivity contribution in [3.05, 3.63) is 35.8 Å². The molecule has 1 aromatic carbocycles. The number of alkyl halides is 3. The number of hydrogen-bond acceptors (Lipinski definition) is 3. The van der Waals surface area contributed by atoms with Gasteiger partial charge in [0.25, 0.3) is 5.91 Å². The highest BCUT2D eigenvalue weighted by atomic mass is 19.4. The van der Waals surface area contributed by atoms with Gasteiger partial charge in [-0.1, -0.05) is 12.1 Å². The second-order valence-corrected chi connectivity index (χ2v) is 4.60. The zero-order valence-corrected chi connectivity index (χ0v) is 11.6. The van der Waals surface area contributed by atoms with Gasteiger partial charge < -0.3 is 14.1 Å². The van der Waals surface area contributed by atoms with Crippen molar-refractivity contribution < 1.29 is 31.5 Å². The Morgan fingerprint density at radius 3 is 2.68 bits per heavy atom. The highest BCUT2D eigenvalue weighted by Crippen LogP contribution is 2.24. The minimum atomic E-state index is -4.55. The number of amides is 1. The lowest BCUT2D eigenvalue weighted by Gasteiger charge is -2.22. The monoisotopic (exact) mass is 319 g/mol. The fourth-order valence-electron chi connectivity index (χ4n) is 1.96. The van der Waals surface area contributed by atoms with Crippen LogP contribution < -0.4 is 0 Å². The number of hydrogen-bond donors (Lipinski definition) is 0. The van der Waals surface area contributed by atoms with Crippen molar-refractivity contribution in [3.8, 4) is 0 Å². The molecule has 0 radical (unpaired) electrons. The molecule has 0 unspecified atom stereocenters. The maximum atomic E-state index is 13.5. The maximum Gasteiger partial charge on any atom is 0.406 e. The molecule has 2 rings (SSSR count). The van der Waals surface area contributed by atoms with E-state index in [4.69, 9.17) is 9.15 Å². The van der Waals surface area contributed by atoms with Crippen molar-refractivity contribution >= 4 is 16.9 Å². The van der Waals surface area contributed by atoms with Crippen molar-refractivity contribution in [2.24, 2.45) is 0 Å². The largest absolute Gasteiger partial charge is 0.448 e. The topological polar surface area (TPSA) is 42.7 Å². The molecule has 0 atom stereocenters. The van der Waals surface area contributed by atoms with Crippen molar-refractivity contribution in [2.75, 3.05) is 26.8 Å². The highest BCUT2D eigenvalue weighted by molar-refractivity contribution is 5.96. The molecule has 2 aromatic rings. The van der Waals surface area contributed by atoms with E-state index in [0.717, 1.165) is 6.07 Å². The molecule has 0 spiro atoms. The second kappa shape index (κ2) is 6.35. The van der Waals surface area contributed by atoms with E-state index >= 15 is 0 Å². The SMILES string of the molecule is COCCN(CC(F)(F)F)C(=O)c1cc2cccc(F)c2o1. The number of fused-ring (bicyclic) bond motifs is 1. The first kappa shape index (κ1) is 16.3. The summed E-state index contributed by atoms with van der Waals surface area (Å²) in [6.45, 7) is -1.75. The quantitative estimate of drug-likeness (QED) is 0.795. The summed E-state index contributed by atoms with van der Waals surface area (Å²) in [6, 6.07) is 5.28. The molecule has 1 heterocycles. The number of ether oxygens (including phenoxy) is 1. The predicted molar refractivity (Wildman–Crippen MR) is 70.0 cm³/mol. The smallest absolute Gasteiger partial charge is 0.406 e. The minimum absolute atomic E-state index is 0.0591. The van der Waals surface area contributed by atoms with Crippen LogP contribution in [0, 0.1) is 5.82 Å². The molecule has 0 saturated heterocycles. The summed E-state index contributed by atoms with van der Waals surface area (Å²) in [5.74, 6) is -2.00. The Hall–Kier alpha value is -2.09. The van der Waals surface area contributed by atoms with E-state index in [1.165, 1.54) is 25.3 Å². The molecule has 0 aliphatic heterocycles. The molecule has 22 heavy (non-hydrogen) atoms. The van der Waals surface area contributed by atoms with Crippen molar-refractivity contribution in [1.82, 2.24) is 4.90 Å². The molecule has 1 aromatic heterocycles. The predicted octanol–water partition coefficient (Wildman–Crippen LogP) is 3.22. The van der Waals surface area contributed by atoms with E-state index in [0.29, 0.717) is 10.3 Å². The molecule has 0 aliphatic carbocycles. The van der Waals surface area contributed by atoms with E-state index in [2.05, 4.69) is 0 Å². The van der Waals surface area contributed by atoms with Crippen LogP contribution in [0.25, 0.3) is 11.0 Å². The second-order valence-electron chi connectivity index (χ2n) is 4.60. The lowest BCUT2D eigenvalue weighted by Crippen LogP contribution is -2.40. The number of furan rings is 1. The fraction of sp³-hybridized carbons (Fsp3) is 0.357. The molecule has 120 valence electrons. The van der Waals surface area contributed by atoms with Crippen LogP contribution in [0.2, 0.25) is 0 Å². The molecule has 0 aliphatic rings. The van der Waals surface area contributed by atoms with E-state index in [1.54, 1.807) is 0 Å². The minimum Gasteiger partial charge on any atom is -0.448 e. The standard InChI is InChI=1S/C14H13F4NO3/c1-21-6-5-19(8-14(16,17)18)13(20)11-7-9-3-2-4-10(15)12(9)22-11/h2-4,7H,5-6,8H2,1H3. The normalized spacial score (nSPS) is 11.9. The van der Waals surface area contributed by atoms with Gasteiger partial charge in [0.05, 0.1) is 6.61 Å². The molecular weight excluding hydrogens is 306 g/mol. The van der Waals surface area contributed by atoms with Crippen LogP contribution in [0.3, 0.4) is 0 Å².